The average Bonchev–Trinajstić information content (AvgIpc) is 4.10. The van der Waals surface area contributed by atoms with Crippen molar-refractivity contribution in [3.63, 3.8) is 0 Å². The molecule has 7 rings (SSSR count). The fourth-order valence-electron chi connectivity index (χ4n) is 8.59. The van der Waals surface area contributed by atoms with Crippen LogP contribution in [-0.4, -0.2) is 94.5 Å². The van der Waals surface area contributed by atoms with E-state index in [1.807, 2.05) is 0 Å². The second-order valence-electron chi connectivity index (χ2n) is 15.7. The van der Waals surface area contributed by atoms with Crippen LogP contribution in [0.4, 0.5) is 0 Å². The first-order chi connectivity index (χ1) is 28.3. The minimum Gasteiger partial charge on any atom is -0.493 e. The second-order valence-corrected chi connectivity index (χ2v) is 15.7. The minimum absolute atomic E-state index is 0.714. The van der Waals surface area contributed by atoms with Gasteiger partial charge in [-0.3, -0.25) is 0 Å². The summed E-state index contributed by atoms with van der Waals surface area (Å²) in [5, 5.41) is 0. The van der Waals surface area contributed by atoms with E-state index in [1.165, 1.54) is 0 Å². The van der Waals surface area contributed by atoms with Crippen molar-refractivity contribution in [2.24, 2.45) is 0 Å². The van der Waals surface area contributed by atoms with E-state index in [0.717, 1.165) is 153 Å². The third-order valence-corrected chi connectivity index (χ3v) is 12.8. The summed E-state index contributed by atoms with van der Waals surface area (Å²) in [6.45, 7) is 24.4. The van der Waals surface area contributed by atoms with Gasteiger partial charge < -0.3 is 28.4 Å². The predicted octanol–water partition coefficient (Wildman–Crippen LogP) is 11.3. The lowest BCUT2D eigenvalue weighted by atomic mass is 10.0. The van der Waals surface area contributed by atoms with E-state index in [2.05, 4.69) is 161 Å². The molecule has 0 radical (unpaired) electrons. The molecule has 0 fully saturated rings. The number of nitrogens with one attached hydrogen (secondary N) is 2. The summed E-state index contributed by atoms with van der Waals surface area (Å²) in [7, 11) is 0. The molecule has 5 heterocycles. The Kier molecular flexibility index (Phi) is 12.9. The third kappa shape index (κ3) is 9.14. The van der Waals surface area contributed by atoms with E-state index < -0.39 is 0 Å². The molecular weight excluding hydrogens is 717 g/mol. The lowest BCUT2D eigenvalue weighted by Crippen LogP contribution is -2.48. The normalized spacial score (nSPS) is 12.7. The number of rotatable bonds is 18. The lowest BCUT2D eigenvalue weighted by Gasteiger charge is -2.35. The van der Waals surface area contributed by atoms with Crippen molar-refractivity contribution in [2.45, 2.75) is 54.4 Å². The van der Waals surface area contributed by atoms with Crippen molar-refractivity contribution >= 4 is 46.4 Å². The fraction of sp³-hybridized carbons (Fsp3) is 0.360. The number of aromatic nitrogens is 4. The minimum atomic E-state index is 0.714. The molecule has 0 amide bonds. The van der Waals surface area contributed by atoms with E-state index in [0.29, 0.717) is 13.2 Å². The van der Waals surface area contributed by atoms with Crippen LogP contribution in [0.1, 0.15) is 77.2 Å². The number of quaternary nitrogens is 2. The van der Waals surface area contributed by atoms with Gasteiger partial charge in [-0.15, -0.1) is 0 Å². The molecule has 5 aromatic rings. The highest BCUT2D eigenvalue weighted by Crippen LogP contribution is 2.34. The zero-order valence-corrected chi connectivity index (χ0v) is 35.5. The van der Waals surface area contributed by atoms with Crippen LogP contribution < -0.4 is 9.47 Å². The molecule has 3 aromatic heterocycles. The highest BCUT2D eigenvalue weighted by atomic mass is 16.5. The van der Waals surface area contributed by atoms with E-state index >= 15 is 0 Å². The van der Waals surface area contributed by atoms with Crippen LogP contribution in [0.5, 0.6) is 11.5 Å². The SMILES string of the molecule is CC[N+](CC)(CC)CCCOc1ccc(-c2c3nc(cc4ccc([nH]4)c(-c4ccc(OCCC[N+](CC)(CC)CC)cc4)c4nc(cc5ccc2[nH]5)C=C4)C=C3)cc1. The summed E-state index contributed by atoms with van der Waals surface area (Å²) in [6, 6.07) is 29.6. The average molecular weight is 779 g/mol. The fourth-order valence-corrected chi connectivity index (χ4v) is 8.59. The molecule has 0 atom stereocenters. The Hall–Kier alpha value is -5.44. The monoisotopic (exact) mass is 778 g/mol. The predicted molar refractivity (Wildman–Crippen MR) is 243 cm³/mol. The Balaban J connectivity index is 1.18. The van der Waals surface area contributed by atoms with Gasteiger partial charge in [0.25, 0.3) is 0 Å². The van der Waals surface area contributed by atoms with Gasteiger partial charge in [-0.1, -0.05) is 24.3 Å². The van der Waals surface area contributed by atoms with E-state index in [-0.39, 0.29) is 0 Å². The van der Waals surface area contributed by atoms with E-state index in [1.54, 1.807) is 0 Å². The number of fused-ring (bicyclic) bond motifs is 8. The molecule has 0 aliphatic carbocycles. The Labute approximate surface area is 345 Å². The van der Waals surface area contributed by atoms with Gasteiger partial charge in [0.15, 0.2) is 0 Å². The first kappa shape index (κ1) is 40.7. The first-order valence-corrected chi connectivity index (χ1v) is 21.6. The molecule has 8 bridgehead atoms. The van der Waals surface area contributed by atoms with Gasteiger partial charge in [-0.2, -0.15) is 0 Å². The summed E-state index contributed by atoms with van der Waals surface area (Å²) >= 11 is 0. The molecule has 2 N–H and O–H groups in total. The van der Waals surface area contributed by atoms with Crippen LogP contribution in [-0.2, 0) is 0 Å². The van der Waals surface area contributed by atoms with Gasteiger partial charge in [-0.05, 0) is 138 Å². The lowest BCUT2D eigenvalue weighted by molar-refractivity contribution is -0.923. The van der Waals surface area contributed by atoms with E-state index in [4.69, 9.17) is 19.4 Å². The zero-order chi connectivity index (χ0) is 40.5. The maximum Gasteiger partial charge on any atom is 0.119 e. The van der Waals surface area contributed by atoms with Gasteiger partial charge in [0.1, 0.15) is 11.5 Å². The number of ether oxygens (including phenoxy) is 2. The molecule has 2 aliphatic heterocycles. The van der Waals surface area contributed by atoms with Crippen LogP contribution >= 0.6 is 0 Å². The maximum atomic E-state index is 6.23. The van der Waals surface area contributed by atoms with Crippen molar-refractivity contribution in [1.29, 1.82) is 0 Å². The molecule has 8 heteroatoms. The van der Waals surface area contributed by atoms with Crippen molar-refractivity contribution in [3.8, 4) is 33.8 Å². The molecule has 2 aliphatic rings. The Morgan fingerprint density at radius 2 is 0.845 bits per heavy atom. The number of nitrogens with zero attached hydrogens (tertiary/aromatic N) is 4. The van der Waals surface area contributed by atoms with Crippen LogP contribution in [0.2, 0.25) is 0 Å². The summed E-state index contributed by atoms with van der Waals surface area (Å²) in [4.78, 5) is 17.6. The topological polar surface area (TPSA) is 75.8 Å². The van der Waals surface area contributed by atoms with Crippen LogP contribution in [0.3, 0.4) is 0 Å². The summed E-state index contributed by atoms with van der Waals surface area (Å²) in [5.74, 6) is 1.77. The molecule has 2 aromatic carbocycles. The largest absolute Gasteiger partial charge is 0.493 e. The highest BCUT2D eigenvalue weighted by Gasteiger charge is 2.21. The van der Waals surface area contributed by atoms with Crippen LogP contribution in [0, 0.1) is 0 Å². The van der Waals surface area contributed by atoms with E-state index in [9.17, 15) is 0 Å². The summed E-state index contributed by atoms with van der Waals surface area (Å²) in [6.07, 6.45) is 10.5. The Bertz CT molecular complexity index is 2190. The smallest absolute Gasteiger partial charge is 0.119 e. The molecule has 0 spiro atoms. The molecule has 0 saturated carbocycles. The molecule has 302 valence electrons. The van der Waals surface area contributed by atoms with Crippen LogP contribution in [0.25, 0.3) is 68.6 Å². The van der Waals surface area contributed by atoms with Crippen molar-refractivity contribution < 1.29 is 18.4 Å². The first-order valence-electron chi connectivity index (χ1n) is 21.6. The number of aromatic amines is 2. The van der Waals surface area contributed by atoms with Gasteiger partial charge in [0.2, 0.25) is 0 Å². The second kappa shape index (κ2) is 18.4. The molecule has 0 saturated heterocycles. The standard InChI is InChI=1S/C50H62N6O2/c1-7-55(8-2,9-3)31-13-33-57-43-23-15-37(16-24-43)49-45-27-19-39(51-45)35-41-21-29-47(53-41)50(48-30-22-42(54-48)36-40-20-28-46(49)52-40)38-17-25-44(26-18-38)58-34-14-32-56(10-4,11-5)12-6/h15-30,35-36,51,54H,7-14,31-34H2,1-6H3/q+2. The van der Waals surface area contributed by atoms with Crippen molar-refractivity contribution in [3.05, 3.63) is 108 Å². The Morgan fingerprint density at radius 1 is 0.466 bits per heavy atom. The molecule has 58 heavy (non-hydrogen) atoms. The van der Waals surface area contributed by atoms with Gasteiger partial charge in [0.05, 0.1) is 88.3 Å². The van der Waals surface area contributed by atoms with Gasteiger partial charge in [-0.25, -0.2) is 9.97 Å². The third-order valence-electron chi connectivity index (χ3n) is 12.8. The van der Waals surface area contributed by atoms with Crippen LogP contribution in [0.15, 0.2) is 84.9 Å². The summed E-state index contributed by atoms with van der Waals surface area (Å²) in [5.41, 5.74) is 11.7. The quantitative estimate of drug-likeness (QED) is 0.0672. The van der Waals surface area contributed by atoms with Crippen molar-refractivity contribution in [1.82, 2.24) is 19.9 Å². The highest BCUT2D eigenvalue weighted by molar-refractivity contribution is 5.93. The Morgan fingerprint density at radius 3 is 1.21 bits per heavy atom. The zero-order valence-electron chi connectivity index (χ0n) is 35.5. The number of hydrogen-bond acceptors (Lipinski definition) is 4. The van der Waals surface area contributed by atoms with Crippen molar-refractivity contribution in [2.75, 3.05) is 65.6 Å². The molecule has 8 nitrogen and oxygen atoms in total. The van der Waals surface area contributed by atoms with Gasteiger partial charge >= 0.3 is 0 Å². The number of H-pyrrole nitrogens is 2. The molecular formula is C50H62N6O2+2. The van der Waals surface area contributed by atoms with Gasteiger partial charge in [0, 0.05) is 46.0 Å². The summed E-state index contributed by atoms with van der Waals surface area (Å²) < 4.78 is 14.7. The number of benzene rings is 2. The molecule has 0 unspecified atom stereocenters. The number of hydrogen-bond donors (Lipinski definition) is 2. The maximum absolute atomic E-state index is 6.23.